The number of hydrogen-bond donors (Lipinski definition) is 1. The van der Waals surface area contributed by atoms with Crippen molar-refractivity contribution < 1.29 is 19.0 Å². The van der Waals surface area contributed by atoms with Crippen molar-refractivity contribution in [2.24, 2.45) is 0 Å². The summed E-state index contributed by atoms with van der Waals surface area (Å²) in [5.74, 6) is -0.487. The number of Topliss-reactive ketones (excluding diaryl/α,β-unsaturated/α-hetero) is 1. The van der Waals surface area contributed by atoms with E-state index in [2.05, 4.69) is 9.97 Å². The average Bonchev–Trinajstić information content (AvgIpc) is 3.23. The number of nitrogens with zero attached hydrogens (tertiary/aromatic N) is 4. The Balaban J connectivity index is 1.60. The normalized spacial score (nSPS) is 11.2. The smallest absolute Gasteiger partial charge is 0.339 e. The molecule has 4 aromatic rings. The summed E-state index contributed by atoms with van der Waals surface area (Å²) in [5, 5.41) is 11.0. The number of ether oxygens (including phenoxy) is 1. The maximum absolute atomic E-state index is 12.9. The van der Waals surface area contributed by atoms with Crippen LogP contribution < -0.4 is 4.40 Å². The Morgan fingerprint density at radius 1 is 1.28 bits per heavy atom. The predicted molar refractivity (Wildman–Crippen MR) is 109 cm³/mol. The lowest BCUT2D eigenvalue weighted by atomic mass is 10.3. The van der Waals surface area contributed by atoms with Crippen molar-refractivity contribution in [1.29, 1.82) is 0 Å². The fraction of sp³-hybridized carbons (Fsp3) is 0.158. The van der Waals surface area contributed by atoms with Crippen LogP contribution in [0.4, 0.5) is 0 Å². The van der Waals surface area contributed by atoms with Gasteiger partial charge in [0, 0.05) is 18.5 Å². The summed E-state index contributed by atoms with van der Waals surface area (Å²) in [7, 11) is 0. The third kappa shape index (κ3) is 4.25. The van der Waals surface area contributed by atoms with Crippen LogP contribution in [0.2, 0.25) is 9.62 Å². The molecule has 0 aliphatic rings. The van der Waals surface area contributed by atoms with Gasteiger partial charge in [-0.25, -0.2) is 14.5 Å². The van der Waals surface area contributed by atoms with Gasteiger partial charge >= 0.3 is 5.88 Å². The van der Waals surface area contributed by atoms with Crippen molar-refractivity contribution >= 4 is 46.0 Å². The molecule has 0 aliphatic carbocycles. The molecule has 4 aromatic heterocycles. The second-order valence-electron chi connectivity index (χ2n) is 6.17. The number of ketones is 1. The molecule has 4 rings (SSSR count). The lowest BCUT2D eigenvalue weighted by molar-refractivity contribution is -0.521. The number of carbonyl (C=O) groups excluding carboxylic acids is 1. The highest BCUT2D eigenvalue weighted by Gasteiger charge is 2.31. The van der Waals surface area contributed by atoms with E-state index in [1.807, 2.05) is 12.1 Å². The standard InChI is InChI=1S/C19H14Cl2N4O3S/c20-15-7-12(4-5-22-15)10-28-11-14(26)17-18(27)24-6-2-1-3-16(24)25(17)9-13-8-23-19(21)29-13/h1-8H,9-11H2/p+1. The zero-order valence-corrected chi connectivity index (χ0v) is 17.3. The Bertz CT molecular complexity index is 1190. The largest absolute Gasteiger partial charge is 0.474 e. The first-order valence-corrected chi connectivity index (χ1v) is 10.1. The minimum atomic E-state index is -0.345. The van der Waals surface area contributed by atoms with Crippen molar-refractivity contribution in [2.45, 2.75) is 13.2 Å². The number of halogens is 2. The van der Waals surface area contributed by atoms with E-state index in [9.17, 15) is 9.90 Å². The molecule has 0 aromatic carbocycles. The molecule has 0 saturated carbocycles. The molecule has 0 fully saturated rings. The van der Waals surface area contributed by atoms with Gasteiger partial charge in [-0.2, -0.15) is 4.40 Å². The maximum atomic E-state index is 12.9. The molecule has 148 valence electrons. The third-order valence-corrected chi connectivity index (χ3v) is 5.53. The van der Waals surface area contributed by atoms with Gasteiger partial charge in [-0.15, -0.1) is 11.3 Å². The van der Waals surface area contributed by atoms with Gasteiger partial charge in [0.1, 0.15) is 18.3 Å². The van der Waals surface area contributed by atoms with E-state index >= 15 is 0 Å². The Labute approximate surface area is 179 Å². The molecule has 0 spiro atoms. The lowest BCUT2D eigenvalue weighted by Gasteiger charge is -2.04. The van der Waals surface area contributed by atoms with E-state index in [1.54, 1.807) is 45.8 Å². The number of carbonyl (C=O) groups is 1. The number of imidazole rings is 1. The van der Waals surface area contributed by atoms with Crippen LogP contribution >= 0.6 is 34.5 Å². The number of pyridine rings is 2. The zero-order chi connectivity index (χ0) is 20.4. The van der Waals surface area contributed by atoms with Crippen molar-refractivity contribution in [2.75, 3.05) is 6.61 Å². The van der Waals surface area contributed by atoms with Gasteiger partial charge in [0.25, 0.3) is 11.3 Å². The highest BCUT2D eigenvalue weighted by atomic mass is 35.5. The highest BCUT2D eigenvalue weighted by molar-refractivity contribution is 7.15. The van der Waals surface area contributed by atoms with Gasteiger partial charge in [0.15, 0.2) is 4.47 Å². The molecule has 1 N–H and O–H groups in total. The molecule has 4 heterocycles. The number of fused-ring (bicyclic) bond motifs is 1. The molecule has 0 aliphatic heterocycles. The lowest BCUT2D eigenvalue weighted by Crippen LogP contribution is -2.19. The quantitative estimate of drug-likeness (QED) is 0.265. The van der Waals surface area contributed by atoms with Crippen LogP contribution in [-0.4, -0.2) is 32.0 Å². The average molecular weight is 450 g/mol. The Hall–Kier alpha value is -2.52. The molecule has 29 heavy (non-hydrogen) atoms. The fourth-order valence-electron chi connectivity index (χ4n) is 2.99. The van der Waals surface area contributed by atoms with E-state index in [4.69, 9.17) is 27.9 Å². The second-order valence-corrected chi connectivity index (χ2v) is 8.25. The van der Waals surface area contributed by atoms with E-state index in [0.29, 0.717) is 21.8 Å². The monoisotopic (exact) mass is 449 g/mol. The molecular weight excluding hydrogens is 435 g/mol. The molecule has 0 bridgehead atoms. The molecule has 0 radical (unpaired) electrons. The summed E-state index contributed by atoms with van der Waals surface area (Å²) in [6.45, 7) is 0.347. The maximum Gasteiger partial charge on any atom is 0.339 e. The molecule has 0 amide bonds. The van der Waals surface area contributed by atoms with Gasteiger partial charge in [-0.3, -0.25) is 4.79 Å². The van der Waals surface area contributed by atoms with Gasteiger partial charge < -0.3 is 9.84 Å². The SMILES string of the molecule is O=C(COCc1ccnc(Cl)c1)c1c(O)[n+]2ccccc2n1Cc1cnc(Cl)s1. The number of aromatic hydroxyl groups is 1. The zero-order valence-electron chi connectivity index (χ0n) is 15.0. The summed E-state index contributed by atoms with van der Waals surface area (Å²) in [6, 6.07) is 8.86. The first-order chi connectivity index (χ1) is 14.0. The Morgan fingerprint density at radius 3 is 2.90 bits per heavy atom. The first kappa shape index (κ1) is 19.8. The van der Waals surface area contributed by atoms with Gasteiger partial charge in [-0.1, -0.05) is 29.3 Å². The predicted octanol–water partition coefficient (Wildman–Crippen LogP) is 3.54. The summed E-state index contributed by atoms with van der Waals surface area (Å²) in [4.78, 5) is 21.7. The van der Waals surface area contributed by atoms with Gasteiger partial charge in [0.05, 0.1) is 17.7 Å². The summed E-state index contributed by atoms with van der Waals surface area (Å²) >= 11 is 13.1. The number of rotatable bonds is 7. The van der Waals surface area contributed by atoms with Gasteiger partial charge in [0.2, 0.25) is 5.78 Å². The molecule has 10 heteroatoms. The number of hydrogen-bond acceptors (Lipinski definition) is 6. The Morgan fingerprint density at radius 2 is 2.14 bits per heavy atom. The first-order valence-electron chi connectivity index (χ1n) is 8.56. The van der Waals surface area contributed by atoms with Crippen LogP contribution in [0.15, 0.2) is 48.9 Å². The van der Waals surface area contributed by atoms with E-state index < -0.39 is 0 Å². The minimum Gasteiger partial charge on any atom is -0.474 e. The van der Waals surface area contributed by atoms with Gasteiger partial charge in [-0.05, 0) is 23.8 Å². The minimum absolute atomic E-state index is 0.142. The van der Waals surface area contributed by atoms with E-state index in [1.165, 1.54) is 11.3 Å². The van der Waals surface area contributed by atoms with Crippen molar-refractivity contribution in [3.63, 3.8) is 0 Å². The molecular formula is C19H15Cl2N4O3S+. The summed E-state index contributed by atoms with van der Waals surface area (Å²) in [6.07, 6.45) is 4.92. The van der Waals surface area contributed by atoms with Crippen LogP contribution in [0.1, 0.15) is 20.9 Å². The van der Waals surface area contributed by atoms with Crippen LogP contribution in [0, 0.1) is 0 Å². The molecule has 0 unspecified atom stereocenters. The van der Waals surface area contributed by atoms with Crippen molar-refractivity contribution in [3.8, 4) is 5.88 Å². The molecule has 0 atom stereocenters. The van der Waals surface area contributed by atoms with Crippen molar-refractivity contribution in [1.82, 2.24) is 14.5 Å². The number of aromatic nitrogens is 4. The van der Waals surface area contributed by atoms with Crippen LogP contribution in [0.3, 0.4) is 0 Å². The van der Waals surface area contributed by atoms with E-state index in [0.717, 1.165) is 10.4 Å². The van der Waals surface area contributed by atoms with E-state index in [-0.39, 0.29) is 30.6 Å². The molecule has 0 saturated heterocycles. The summed E-state index contributed by atoms with van der Waals surface area (Å²) < 4.78 is 9.25. The fourth-order valence-corrected chi connectivity index (χ4v) is 4.16. The topological polar surface area (TPSA) is 81.3 Å². The third-order valence-electron chi connectivity index (χ3n) is 4.22. The van der Waals surface area contributed by atoms with Crippen LogP contribution in [0.25, 0.3) is 5.65 Å². The second kappa shape index (κ2) is 8.46. The number of thiazole rings is 1. The highest BCUT2D eigenvalue weighted by Crippen LogP contribution is 2.24. The van der Waals surface area contributed by atoms with Crippen LogP contribution in [0.5, 0.6) is 5.88 Å². The van der Waals surface area contributed by atoms with Crippen LogP contribution in [-0.2, 0) is 17.9 Å². The van der Waals surface area contributed by atoms with Crippen molar-refractivity contribution in [3.05, 3.63) is 74.7 Å². The summed E-state index contributed by atoms with van der Waals surface area (Å²) in [5.41, 5.74) is 1.63. The Kier molecular flexibility index (Phi) is 5.77. The molecule has 7 nitrogen and oxygen atoms in total.